The van der Waals surface area contributed by atoms with Crippen LogP contribution in [-0.4, -0.2) is 33.2 Å². The van der Waals surface area contributed by atoms with E-state index in [1.165, 1.54) is 28.0 Å². The van der Waals surface area contributed by atoms with E-state index in [4.69, 9.17) is 9.47 Å². The van der Waals surface area contributed by atoms with Gasteiger partial charge in [0.1, 0.15) is 23.9 Å². The van der Waals surface area contributed by atoms with Gasteiger partial charge in [0.15, 0.2) is 0 Å². The molecule has 37 heavy (non-hydrogen) atoms. The number of rotatable bonds is 8. The Morgan fingerprint density at radius 1 is 1.11 bits per heavy atom. The number of ether oxygens (including phenoxy) is 2. The molecule has 0 atom stereocenters. The number of carbonyl (C=O) groups excluding carboxylic acids is 1. The molecule has 0 fully saturated rings. The van der Waals surface area contributed by atoms with Crippen molar-refractivity contribution >= 4 is 34.2 Å². The van der Waals surface area contributed by atoms with E-state index in [1.54, 1.807) is 39.0 Å². The molecule has 4 rings (SSSR count). The lowest BCUT2D eigenvalue weighted by Gasteiger charge is -2.07. The molecule has 0 bridgehead atoms. The Labute approximate surface area is 214 Å². The Morgan fingerprint density at radius 3 is 2.43 bits per heavy atom. The highest BCUT2D eigenvalue weighted by Crippen LogP contribution is 2.34. The van der Waals surface area contributed by atoms with Crippen molar-refractivity contribution in [1.82, 2.24) is 9.55 Å². The summed E-state index contributed by atoms with van der Waals surface area (Å²) >= 11 is 1.32. The van der Waals surface area contributed by atoms with Crippen LogP contribution in [0, 0.1) is 13.8 Å². The third kappa shape index (κ3) is 5.46. The number of halogens is 3. The first-order valence-electron chi connectivity index (χ1n) is 11.3. The van der Waals surface area contributed by atoms with Gasteiger partial charge in [0.25, 0.3) is 0 Å². The van der Waals surface area contributed by atoms with Gasteiger partial charge in [-0.1, -0.05) is 12.1 Å². The Bertz CT molecular complexity index is 1470. The number of carboxylic acids is 1. The Morgan fingerprint density at radius 2 is 1.81 bits per heavy atom. The Hall–Kier alpha value is -3.86. The van der Waals surface area contributed by atoms with Gasteiger partial charge >= 0.3 is 18.1 Å². The molecule has 4 aromatic rings. The quantitative estimate of drug-likeness (QED) is 0.270. The number of thiazole rings is 1. The number of aryl methyl sites for hydroxylation is 1. The van der Waals surface area contributed by atoms with Gasteiger partial charge in [-0.15, -0.1) is 11.3 Å². The van der Waals surface area contributed by atoms with E-state index >= 15 is 0 Å². The normalized spacial score (nSPS) is 11.6. The molecule has 7 nitrogen and oxygen atoms in total. The predicted octanol–water partition coefficient (Wildman–Crippen LogP) is 6.24. The van der Waals surface area contributed by atoms with E-state index in [1.807, 2.05) is 0 Å². The molecule has 0 spiro atoms. The molecule has 2 heterocycles. The Balaban J connectivity index is 1.60. The highest BCUT2D eigenvalue weighted by molar-refractivity contribution is 7.15. The SMILES string of the molecule is CCOC(=O)c1c(C)n(CC(=O)O)c2ccc(OCc3sc(-c4ccc(C(F)(F)F)cc4)nc3C)cc12. The van der Waals surface area contributed by atoms with Crippen LogP contribution in [0.4, 0.5) is 13.2 Å². The smallest absolute Gasteiger partial charge is 0.416 e. The topological polar surface area (TPSA) is 90.7 Å². The summed E-state index contributed by atoms with van der Waals surface area (Å²) in [6.07, 6.45) is -4.41. The lowest BCUT2D eigenvalue weighted by atomic mass is 10.1. The third-order valence-electron chi connectivity index (χ3n) is 5.79. The number of aromatic nitrogens is 2. The molecule has 0 aliphatic rings. The molecule has 2 aromatic carbocycles. The van der Waals surface area contributed by atoms with Crippen LogP contribution < -0.4 is 4.74 Å². The molecule has 0 radical (unpaired) electrons. The summed E-state index contributed by atoms with van der Waals surface area (Å²) in [6, 6.07) is 9.87. The van der Waals surface area contributed by atoms with Crippen molar-refractivity contribution in [1.29, 1.82) is 0 Å². The lowest BCUT2D eigenvalue weighted by molar-refractivity contribution is -0.138. The van der Waals surface area contributed by atoms with Gasteiger partial charge in [0.05, 0.1) is 28.3 Å². The van der Waals surface area contributed by atoms with Crippen LogP contribution in [0.2, 0.25) is 0 Å². The maximum absolute atomic E-state index is 12.9. The van der Waals surface area contributed by atoms with Crippen LogP contribution >= 0.6 is 11.3 Å². The summed E-state index contributed by atoms with van der Waals surface area (Å²) < 4.78 is 51.2. The first kappa shape index (κ1) is 26.2. The molecular weight excluding hydrogens is 509 g/mol. The lowest BCUT2D eigenvalue weighted by Crippen LogP contribution is -2.12. The zero-order chi connectivity index (χ0) is 26.9. The monoisotopic (exact) mass is 532 g/mol. The second-order valence-electron chi connectivity index (χ2n) is 8.23. The van der Waals surface area contributed by atoms with Crippen LogP contribution in [0.3, 0.4) is 0 Å². The number of alkyl halides is 3. The molecule has 2 aromatic heterocycles. The van der Waals surface area contributed by atoms with Crippen LogP contribution in [0.1, 0.15) is 39.1 Å². The highest BCUT2D eigenvalue weighted by Gasteiger charge is 2.30. The van der Waals surface area contributed by atoms with Gasteiger partial charge in [-0.2, -0.15) is 13.2 Å². The average Bonchev–Trinajstić information content (AvgIpc) is 3.33. The summed E-state index contributed by atoms with van der Waals surface area (Å²) in [7, 11) is 0. The zero-order valence-electron chi connectivity index (χ0n) is 20.2. The molecule has 0 aliphatic heterocycles. The second-order valence-corrected chi connectivity index (χ2v) is 9.31. The summed E-state index contributed by atoms with van der Waals surface area (Å²) in [5.41, 5.74) is 1.86. The minimum atomic E-state index is -4.41. The van der Waals surface area contributed by atoms with Crippen molar-refractivity contribution < 1.29 is 37.3 Å². The van der Waals surface area contributed by atoms with Crippen LogP contribution in [0.25, 0.3) is 21.5 Å². The van der Waals surface area contributed by atoms with Crippen LogP contribution in [0.15, 0.2) is 42.5 Å². The Kier molecular flexibility index (Phi) is 7.26. The van der Waals surface area contributed by atoms with Gasteiger partial charge < -0.3 is 19.1 Å². The van der Waals surface area contributed by atoms with E-state index in [9.17, 15) is 27.9 Å². The van der Waals surface area contributed by atoms with Crippen molar-refractivity contribution in [3.05, 3.63) is 69.9 Å². The van der Waals surface area contributed by atoms with Crippen molar-refractivity contribution in [2.24, 2.45) is 0 Å². The zero-order valence-corrected chi connectivity index (χ0v) is 21.0. The average molecular weight is 533 g/mol. The summed E-state index contributed by atoms with van der Waals surface area (Å²) in [6.45, 7) is 5.16. The number of benzene rings is 2. The fourth-order valence-electron chi connectivity index (χ4n) is 3.99. The number of fused-ring (bicyclic) bond motifs is 1. The predicted molar refractivity (Wildman–Crippen MR) is 132 cm³/mol. The third-order valence-corrected chi connectivity index (χ3v) is 6.97. The van der Waals surface area contributed by atoms with Crippen LogP contribution in [0.5, 0.6) is 5.75 Å². The maximum Gasteiger partial charge on any atom is 0.416 e. The van der Waals surface area contributed by atoms with Gasteiger partial charge in [-0.3, -0.25) is 4.79 Å². The number of aliphatic carboxylic acids is 1. The molecular formula is C26H23F3N2O5S. The largest absolute Gasteiger partial charge is 0.488 e. The van der Waals surface area contributed by atoms with Crippen molar-refractivity contribution in [2.45, 2.75) is 40.1 Å². The molecule has 194 valence electrons. The number of nitrogens with zero attached hydrogens (tertiary/aromatic N) is 2. The van der Waals surface area contributed by atoms with Gasteiger partial charge in [0.2, 0.25) is 0 Å². The summed E-state index contributed by atoms with van der Waals surface area (Å²) in [5, 5.41) is 10.4. The highest BCUT2D eigenvalue weighted by atomic mass is 32.1. The minimum absolute atomic E-state index is 0.152. The fourth-order valence-corrected chi connectivity index (χ4v) is 4.97. The van der Waals surface area contributed by atoms with E-state index in [0.29, 0.717) is 38.6 Å². The molecule has 0 aliphatic carbocycles. The van der Waals surface area contributed by atoms with Crippen molar-refractivity contribution in [2.75, 3.05) is 6.61 Å². The number of hydrogen-bond donors (Lipinski definition) is 1. The number of esters is 1. The second kappa shape index (κ2) is 10.3. The molecule has 0 saturated carbocycles. The molecule has 1 N–H and O–H groups in total. The molecule has 0 unspecified atom stereocenters. The molecule has 0 saturated heterocycles. The van der Waals surface area contributed by atoms with Crippen LogP contribution in [-0.2, 0) is 28.9 Å². The van der Waals surface area contributed by atoms with Gasteiger partial charge in [-0.05, 0) is 51.1 Å². The number of hydrogen-bond acceptors (Lipinski definition) is 6. The first-order valence-corrected chi connectivity index (χ1v) is 12.1. The van der Waals surface area contributed by atoms with Gasteiger partial charge in [0, 0.05) is 22.2 Å². The molecule has 0 amide bonds. The molecule has 11 heteroatoms. The van der Waals surface area contributed by atoms with Gasteiger partial charge in [-0.25, -0.2) is 9.78 Å². The summed E-state index contributed by atoms with van der Waals surface area (Å²) in [4.78, 5) is 29.3. The first-order chi connectivity index (χ1) is 17.5. The maximum atomic E-state index is 12.9. The van der Waals surface area contributed by atoms with E-state index in [0.717, 1.165) is 17.0 Å². The number of carbonyl (C=O) groups is 2. The van der Waals surface area contributed by atoms with E-state index in [-0.39, 0.29) is 25.3 Å². The van der Waals surface area contributed by atoms with Crippen molar-refractivity contribution in [3.8, 4) is 16.3 Å². The number of carboxylic acid groups (broad SMARTS) is 1. The van der Waals surface area contributed by atoms with E-state index in [2.05, 4.69) is 4.98 Å². The minimum Gasteiger partial charge on any atom is -0.488 e. The summed E-state index contributed by atoms with van der Waals surface area (Å²) in [5.74, 6) is -1.14. The van der Waals surface area contributed by atoms with E-state index < -0.39 is 23.7 Å². The fraction of sp³-hybridized carbons (Fsp3) is 0.269. The standard InChI is InChI=1S/C26H23F3N2O5S/c1-4-35-25(34)23-15(3)31(12-22(32)33)20-10-9-18(11-19(20)23)36-13-21-14(2)30-24(37-21)16-5-7-17(8-6-16)26(27,28)29/h5-11H,4,12-13H2,1-3H3,(H,32,33). The van der Waals surface area contributed by atoms with Crippen molar-refractivity contribution in [3.63, 3.8) is 0 Å².